The summed E-state index contributed by atoms with van der Waals surface area (Å²) in [4.78, 5) is 16.1. The Kier molecular flexibility index (Phi) is 5.94. The third-order valence-corrected chi connectivity index (χ3v) is 3.22. The molecule has 0 unspecified atom stereocenters. The van der Waals surface area contributed by atoms with Crippen molar-refractivity contribution in [1.82, 2.24) is 9.66 Å². The van der Waals surface area contributed by atoms with Gasteiger partial charge in [-0.25, -0.2) is 14.5 Å². The van der Waals surface area contributed by atoms with Crippen LogP contribution in [0.25, 0.3) is 0 Å². The van der Waals surface area contributed by atoms with Crippen molar-refractivity contribution >= 4 is 18.3 Å². The summed E-state index contributed by atoms with van der Waals surface area (Å²) in [6.45, 7) is 7.04. The number of nitrogens with zero attached hydrogens (tertiary/aromatic N) is 3. The third-order valence-electron chi connectivity index (χ3n) is 3.22. The maximum atomic E-state index is 12.0. The maximum Gasteiger partial charge on any atom is 0.514 e. The van der Waals surface area contributed by atoms with Crippen LogP contribution in [0, 0.1) is 6.92 Å². The third kappa shape index (κ3) is 5.37. The number of hydrogen-bond acceptors (Lipinski definition) is 8. The maximum absolute atomic E-state index is 12.0. The van der Waals surface area contributed by atoms with Crippen LogP contribution in [0.3, 0.4) is 0 Å². The topological polar surface area (TPSA) is 110 Å². The lowest BCUT2D eigenvalue weighted by Crippen LogP contribution is -2.26. The van der Waals surface area contributed by atoms with Crippen molar-refractivity contribution < 1.29 is 23.7 Å². The number of aromatic nitrogens is 2. The van der Waals surface area contributed by atoms with E-state index in [0.717, 1.165) is 5.69 Å². The summed E-state index contributed by atoms with van der Waals surface area (Å²) in [5, 5.41) is 4.25. The molecule has 2 rings (SSSR count). The molecule has 27 heavy (non-hydrogen) atoms. The number of imidazole rings is 1. The Hall–Kier alpha value is -3.23. The molecule has 0 bridgehead atoms. The van der Waals surface area contributed by atoms with Crippen LogP contribution < -0.4 is 19.9 Å². The molecule has 1 aromatic heterocycles. The highest BCUT2D eigenvalue weighted by molar-refractivity contribution is 5.83. The minimum atomic E-state index is -0.859. The molecule has 9 heteroatoms. The Balaban J connectivity index is 2.32. The fraction of sp³-hybridized carbons (Fsp3) is 0.389. The van der Waals surface area contributed by atoms with E-state index in [2.05, 4.69) is 10.1 Å². The molecule has 0 aliphatic carbocycles. The summed E-state index contributed by atoms with van der Waals surface area (Å²) in [7, 11) is 2.91. The molecular formula is C18H24N4O5. The number of carbonyl (C=O) groups is 1. The molecule has 146 valence electrons. The highest BCUT2D eigenvalue weighted by Gasteiger charge is 2.22. The van der Waals surface area contributed by atoms with Crippen molar-refractivity contribution in [3.05, 3.63) is 29.6 Å². The Morgan fingerprint density at radius 1 is 1.22 bits per heavy atom. The van der Waals surface area contributed by atoms with Crippen molar-refractivity contribution in [3.63, 3.8) is 0 Å². The Labute approximate surface area is 157 Å². The second-order valence-corrected chi connectivity index (χ2v) is 6.65. The van der Waals surface area contributed by atoms with Gasteiger partial charge in [0.15, 0.2) is 11.5 Å². The number of nitrogen functional groups attached to an aromatic ring is 1. The molecule has 1 heterocycles. The molecule has 0 aliphatic heterocycles. The first-order valence-electron chi connectivity index (χ1n) is 8.15. The SMILES string of the molecule is COc1cc(C=Nn2cc(C)nc2N)cc(OC)c1OC(=O)OC(C)(C)C. The molecular weight excluding hydrogens is 352 g/mol. The normalized spacial score (nSPS) is 11.5. The predicted molar refractivity (Wildman–Crippen MR) is 101 cm³/mol. The van der Waals surface area contributed by atoms with Gasteiger partial charge in [-0.05, 0) is 39.8 Å². The van der Waals surface area contributed by atoms with Crippen LogP contribution in [0.1, 0.15) is 32.0 Å². The molecule has 0 aliphatic rings. The van der Waals surface area contributed by atoms with Gasteiger partial charge < -0.3 is 24.7 Å². The van der Waals surface area contributed by atoms with Gasteiger partial charge in [0.2, 0.25) is 11.7 Å². The first-order valence-corrected chi connectivity index (χ1v) is 8.15. The standard InChI is InChI=1S/C18H24N4O5/c1-11-10-22(16(19)21-11)20-9-12-7-13(24-5)15(14(8-12)25-6)26-17(23)27-18(2,3)4/h7-10H,1-6H3,(H2,19,21). The van der Waals surface area contributed by atoms with Gasteiger partial charge in [-0.1, -0.05) is 0 Å². The van der Waals surface area contributed by atoms with Crippen LogP contribution in [0.15, 0.2) is 23.4 Å². The van der Waals surface area contributed by atoms with Crippen molar-refractivity contribution in [2.75, 3.05) is 20.0 Å². The fourth-order valence-electron chi connectivity index (χ4n) is 2.15. The van der Waals surface area contributed by atoms with Gasteiger partial charge in [-0.2, -0.15) is 5.10 Å². The lowest BCUT2D eigenvalue weighted by molar-refractivity contribution is 0.0195. The van der Waals surface area contributed by atoms with Gasteiger partial charge >= 0.3 is 6.16 Å². The van der Waals surface area contributed by atoms with Crippen LogP contribution in [-0.2, 0) is 4.74 Å². The highest BCUT2D eigenvalue weighted by Crippen LogP contribution is 2.38. The Bertz CT molecular complexity index is 827. The summed E-state index contributed by atoms with van der Waals surface area (Å²) in [6, 6.07) is 3.29. The number of aryl methyl sites for hydroxylation is 1. The van der Waals surface area contributed by atoms with Gasteiger partial charge in [0.1, 0.15) is 5.60 Å². The van der Waals surface area contributed by atoms with E-state index in [1.54, 1.807) is 45.3 Å². The smallest absolute Gasteiger partial charge is 0.493 e. The largest absolute Gasteiger partial charge is 0.514 e. The van der Waals surface area contributed by atoms with Gasteiger partial charge in [0.05, 0.1) is 32.3 Å². The van der Waals surface area contributed by atoms with Crippen molar-refractivity contribution in [2.24, 2.45) is 5.10 Å². The van der Waals surface area contributed by atoms with Crippen LogP contribution in [0.2, 0.25) is 0 Å². The van der Waals surface area contributed by atoms with E-state index in [1.165, 1.54) is 18.9 Å². The number of carbonyl (C=O) groups excluding carboxylic acids is 1. The van der Waals surface area contributed by atoms with E-state index in [9.17, 15) is 4.79 Å². The van der Waals surface area contributed by atoms with Crippen molar-refractivity contribution in [2.45, 2.75) is 33.3 Å². The molecule has 0 saturated carbocycles. The molecule has 0 saturated heterocycles. The summed E-state index contributed by atoms with van der Waals surface area (Å²) in [5.74, 6) is 0.963. The van der Waals surface area contributed by atoms with Gasteiger partial charge in [0.25, 0.3) is 0 Å². The predicted octanol–water partition coefficient (Wildman–Crippen LogP) is 2.99. The fourth-order valence-corrected chi connectivity index (χ4v) is 2.15. The van der Waals surface area contributed by atoms with Crippen molar-refractivity contribution in [1.29, 1.82) is 0 Å². The molecule has 9 nitrogen and oxygen atoms in total. The number of hydrogen-bond donors (Lipinski definition) is 1. The van der Waals surface area contributed by atoms with Gasteiger partial charge in [0, 0.05) is 5.56 Å². The zero-order chi connectivity index (χ0) is 20.2. The molecule has 0 fully saturated rings. The van der Waals surface area contributed by atoms with E-state index in [-0.39, 0.29) is 23.2 Å². The second-order valence-electron chi connectivity index (χ2n) is 6.65. The molecule has 1 aromatic carbocycles. The number of nitrogens with two attached hydrogens (primary N) is 1. The number of anilines is 1. The average Bonchev–Trinajstić information content (AvgIpc) is 2.89. The van der Waals surface area contributed by atoms with E-state index in [0.29, 0.717) is 5.56 Å². The van der Waals surface area contributed by atoms with E-state index in [1.807, 2.05) is 6.92 Å². The molecule has 0 radical (unpaired) electrons. The number of rotatable bonds is 5. The summed E-state index contributed by atoms with van der Waals surface area (Å²) < 4.78 is 22.5. The first-order chi connectivity index (χ1) is 12.6. The highest BCUT2D eigenvalue weighted by atomic mass is 16.7. The Morgan fingerprint density at radius 2 is 1.81 bits per heavy atom. The minimum Gasteiger partial charge on any atom is -0.493 e. The number of methoxy groups -OCH3 is 2. The van der Waals surface area contributed by atoms with Gasteiger partial charge in [-0.3, -0.25) is 0 Å². The van der Waals surface area contributed by atoms with Crippen LogP contribution in [-0.4, -0.2) is 41.9 Å². The second kappa shape index (κ2) is 7.98. The quantitative estimate of drug-likeness (QED) is 0.485. The zero-order valence-corrected chi connectivity index (χ0v) is 16.3. The van der Waals surface area contributed by atoms with Crippen molar-refractivity contribution in [3.8, 4) is 17.2 Å². The zero-order valence-electron chi connectivity index (χ0n) is 16.3. The molecule has 2 aromatic rings. The lowest BCUT2D eigenvalue weighted by Gasteiger charge is -2.20. The number of ether oxygens (including phenoxy) is 4. The van der Waals surface area contributed by atoms with Crippen LogP contribution in [0.5, 0.6) is 17.2 Å². The molecule has 0 atom stereocenters. The first kappa shape index (κ1) is 20.1. The minimum absolute atomic E-state index is 0.115. The van der Waals surface area contributed by atoms with Crippen LogP contribution in [0.4, 0.5) is 10.7 Å². The average molecular weight is 376 g/mol. The molecule has 0 spiro atoms. The number of benzene rings is 1. The van der Waals surface area contributed by atoms with E-state index in [4.69, 9.17) is 24.7 Å². The molecule has 2 N–H and O–H groups in total. The summed E-state index contributed by atoms with van der Waals surface area (Å²) in [5.41, 5.74) is 6.47. The van der Waals surface area contributed by atoms with E-state index >= 15 is 0 Å². The van der Waals surface area contributed by atoms with Gasteiger partial charge in [-0.15, -0.1) is 0 Å². The monoisotopic (exact) mass is 376 g/mol. The Morgan fingerprint density at radius 3 is 2.26 bits per heavy atom. The lowest BCUT2D eigenvalue weighted by atomic mass is 10.2. The van der Waals surface area contributed by atoms with E-state index < -0.39 is 11.8 Å². The summed E-state index contributed by atoms with van der Waals surface area (Å²) in [6.07, 6.45) is 2.39. The molecule has 0 amide bonds. The van der Waals surface area contributed by atoms with Crippen LogP contribution >= 0.6 is 0 Å². The summed E-state index contributed by atoms with van der Waals surface area (Å²) >= 11 is 0.